The van der Waals surface area contributed by atoms with Gasteiger partial charge in [0, 0.05) is 11.1 Å². The molecule has 1 atom stereocenters. The Morgan fingerprint density at radius 3 is 2.82 bits per heavy atom. The zero-order chi connectivity index (χ0) is 8.27. The van der Waals surface area contributed by atoms with Crippen LogP contribution in [0.1, 0.15) is 0 Å². The van der Waals surface area contributed by atoms with Crippen molar-refractivity contribution in [1.29, 1.82) is 0 Å². The van der Waals surface area contributed by atoms with Crippen molar-refractivity contribution >= 4 is 25.3 Å². The molecule has 0 radical (unpaired) electrons. The second-order valence-electron chi connectivity index (χ2n) is 2.00. The largest absolute Gasteiger partial charge is 0.653 e. The zero-order valence-electron chi connectivity index (χ0n) is 6.00. The molecular formula is C7H8ClO2P. The maximum absolute atomic E-state index is 11.1. The van der Waals surface area contributed by atoms with Gasteiger partial charge in [-0.1, -0.05) is 17.7 Å². The number of hydrogen-bond acceptors (Lipinski definition) is 2. The highest BCUT2D eigenvalue weighted by Crippen LogP contribution is 2.24. The first-order valence-electron chi connectivity index (χ1n) is 3.08. The standard InChI is InChI=1S/C7H8ClO2P/c1-10-11(9)7-4-2-3-6(8)5-7/h2-5,11H,1H3. The summed E-state index contributed by atoms with van der Waals surface area (Å²) in [6.07, 6.45) is 0. The lowest BCUT2D eigenvalue weighted by Crippen LogP contribution is -2.10. The molecule has 1 aromatic rings. The monoisotopic (exact) mass is 190 g/mol. The highest BCUT2D eigenvalue weighted by atomic mass is 35.5. The fraction of sp³-hybridized carbons (Fsp3) is 0.143. The Hall–Kier alpha value is -0.140. The molecule has 1 rings (SSSR count). The maximum Gasteiger partial charge on any atom is 0.119 e. The summed E-state index contributed by atoms with van der Waals surface area (Å²) in [4.78, 5) is 11.1. The molecule has 0 saturated carbocycles. The van der Waals surface area contributed by atoms with E-state index in [0.717, 1.165) is 0 Å². The first kappa shape index (κ1) is 8.95. The Morgan fingerprint density at radius 2 is 2.27 bits per heavy atom. The van der Waals surface area contributed by atoms with Crippen molar-refractivity contribution in [2.24, 2.45) is 0 Å². The third-order valence-electron chi connectivity index (χ3n) is 1.25. The summed E-state index contributed by atoms with van der Waals surface area (Å²) >= 11 is 5.67. The second kappa shape index (κ2) is 4.03. The van der Waals surface area contributed by atoms with Gasteiger partial charge in [0.1, 0.15) is 13.7 Å². The number of benzene rings is 1. The van der Waals surface area contributed by atoms with E-state index in [-0.39, 0.29) is 0 Å². The van der Waals surface area contributed by atoms with Crippen molar-refractivity contribution in [3.05, 3.63) is 29.3 Å². The van der Waals surface area contributed by atoms with Crippen LogP contribution in [0, 0.1) is 0 Å². The summed E-state index contributed by atoms with van der Waals surface area (Å²) < 4.78 is 4.68. The molecular weight excluding hydrogens is 183 g/mol. The molecule has 11 heavy (non-hydrogen) atoms. The van der Waals surface area contributed by atoms with Gasteiger partial charge in [-0.25, -0.2) is 4.52 Å². The minimum Gasteiger partial charge on any atom is -0.653 e. The fourth-order valence-electron chi connectivity index (χ4n) is 0.733. The summed E-state index contributed by atoms with van der Waals surface area (Å²) in [5.41, 5.74) is 0. The highest BCUT2D eigenvalue weighted by molar-refractivity contribution is 7.53. The van der Waals surface area contributed by atoms with Crippen molar-refractivity contribution in [1.82, 2.24) is 0 Å². The van der Waals surface area contributed by atoms with Crippen LogP contribution in [-0.2, 0) is 4.52 Å². The lowest BCUT2D eigenvalue weighted by molar-refractivity contribution is -0.174. The summed E-state index contributed by atoms with van der Waals surface area (Å²) in [5, 5.41) is 1.24. The number of hydrogen-bond donors (Lipinski definition) is 0. The first-order valence-corrected chi connectivity index (χ1v) is 4.77. The van der Waals surface area contributed by atoms with Crippen molar-refractivity contribution in [2.45, 2.75) is 0 Å². The molecule has 0 amide bonds. The van der Waals surface area contributed by atoms with E-state index in [4.69, 9.17) is 11.6 Å². The number of halogens is 1. The quantitative estimate of drug-likeness (QED) is 0.652. The molecule has 0 heterocycles. The Bertz CT molecular complexity index is 242. The Morgan fingerprint density at radius 1 is 1.55 bits per heavy atom. The predicted molar refractivity (Wildman–Crippen MR) is 46.4 cm³/mol. The topological polar surface area (TPSA) is 32.3 Å². The van der Waals surface area contributed by atoms with Crippen LogP contribution in [0.4, 0.5) is 0 Å². The summed E-state index contributed by atoms with van der Waals surface area (Å²) in [7, 11) is -0.644. The van der Waals surface area contributed by atoms with Crippen molar-refractivity contribution in [3.8, 4) is 0 Å². The minimum atomic E-state index is -2.06. The van der Waals surface area contributed by atoms with Crippen LogP contribution in [0.15, 0.2) is 24.3 Å². The second-order valence-corrected chi connectivity index (χ2v) is 4.00. The van der Waals surface area contributed by atoms with Crippen LogP contribution >= 0.6 is 20.0 Å². The molecule has 0 N–H and O–H groups in total. The van der Waals surface area contributed by atoms with Gasteiger partial charge in [0.15, 0.2) is 0 Å². The number of rotatable bonds is 2. The van der Waals surface area contributed by atoms with E-state index in [1.54, 1.807) is 24.3 Å². The van der Waals surface area contributed by atoms with Crippen LogP contribution in [0.2, 0.25) is 5.02 Å². The van der Waals surface area contributed by atoms with Gasteiger partial charge < -0.3 is 4.89 Å². The predicted octanol–water partition coefficient (Wildman–Crippen LogP) is 1.02. The Kier molecular flexibility index (Phi) is 3.28. The van der Waals surface area contributed by atoms with Crippen LogP contribution in [-0.4, -0.2) is 7.11 Å². The van der Waals surface area contributed by atoms with Crippen molar-refractivity contribution in [2.75, 3.05) is 7.11 Å². The first-order chi connectivity index (χ1) is 5.24. The van der Waals surface area contributed by atoms with E-state index < -0.39 is 8.38 Å². The Labute approximate surface area is 71.7 Å². The van der Waals surface area contributed by atoms with Crippen LogP contribution in [0.5, 0.6) is 0 Å². The highest BCUT2D eigenvalue weighted by Gasteiger charge is 2.05. The van der Waals surface area contributed by atoms with Gasteiger partial charge in [-0.3, -0.25) is 0 Å². The molecule has 0 aromatic heterocycles. The van der Waals surface area contributed by atoms with Gasteiger partial charge in [0.05, 0.1) is 7.11 Å². The third-order valence-corrected chi connectivity index (χ3v) is 2.63. The molecule has 60 valence electrons. The van der Waals surface area contributed by atoms with E-state index in [2.05, 4.69) is 4.52 Å². The van der Waals surface area contributed by atoms with Crippen LogP contribution in [0.3, 0.4) is 0 Å². The van der Waals surface area contributed by atoms with Gasteiger partial charge in [-0.15, -0.1) is 0 Å². The summed E-state index contributed by atoms with van der Waals surface area (Å²) in [5.74, 6) is 0. The lowest BCUT2D eigenvalue weighted by Gasteiger charge is -2.08. The van der Waals surface area contributed by atoms with Crippen LogP contribution < -0.4 is 10.2 Å². The molecule has 4 heteroatoms. The van der Waals surface area contributed by atoms with Crippen LogP contribution in [0.25, 0.3) is 0 Å². The molecule has 0 aliphatic carbocycles. The zero-order valence-corrected chi connectivity index (χ0v) is 7.76. The molecule has 1 unspecified atom stereocenters. The van der Waals surface area contributed by atoms with E-state index in [9.17, 15) is 4.89 Å². The van der Waals surface area contributed by atoms with E-state index in [1.165, 1.54) is 7.11 Å². The maximum atomic E-state index is 11.1. The van der Waals surface area contributed by atoms with E-state index in [0.29, 0.717) is 10.3 Å². The molecule has 0 aliphatic heterocycles. The van der Waals surface area contributed by atoms with Crippen molar-refractivity contribution < 1.29 is 9.42 Å². The fourth-order valence-corrected chi connectivity index (χ4v) is 1.76. The molecule has 0 fully saturated rings. The van der Waals surface area contributed by atoms with Gasteiger partial charge in [0.2, 0.25) is 0 Å². The van der Waals surface area contributed by atoms with Crippen molar-refractivity contribution in [3.63, 3.8) is 0 Å². The van der Waals surface area contributed by atoms with Gasteiger partial charge >= 0.3 is 0 Å². The summed E-state index contributed by atoms with van der Waals surface area (Å²) in [6.45, 7) is 0. The summed E-state index contributed by atoms with van der Waals surface area (Å²) in [6, 6.07) is 6.86. The minimum absolute atomic E-state index is 0.581. The molecule has 2 nitrogen and oxygen atoms in total. The molecule has 1 aromatic carbocycles. The van der Waals surface area contributed by atoms with E-state index >= 15 is 0 Å². The average molecular weight is 191 g/mol. The van der Waals surface area contributed by atoms with Gasteiger partial charge in [-0.05, 0) is 12.1 Å². The van der Waals surface area contributed by atoms with E-state index in [1.807, 2.05) is 0 Å². The molecule has 0 spiro atoms. The smallest absolute Gasteiger partial charge is 0.119 e. The molecule has 0 aliphatic rings. The lowest BCUT2D eigenvalue weighted by atomic mass is 10.4. The SMILES string of the molecule is CO[PH+]([O-])c1cccc(Cl)c1. The average Bonchev–Trinajstić information content (AvgIpc) is 2.03. The van der Waals surface area contributed by atoms with Gasteiger partial charge in [0.25, 0.3) is 0 Å². The van der Waals surface area contributed by atoms with Gasteiger partial charge in [-0.2, -0.15) is 0 Å². The molecule has 0 saturated heterocycles. The third kappa shape index (κ3) is 2.42. The molecule has 0 bridgehead atoms. The normalized spacial score (nSPS) is 13.0. The Balaban J connectivity index is 2.86.